The maximum atomic E-state index is 5.84. The van der Waals surface area contributed by atoms with Crippen molar-refractivity contribution in [2.45, 2.75) is 32.2 Å². The van der Waals surface area contributed by atoms with E-state index in [9.17, 15) is 0 Å². The Morgan fingerprint density at radius 3 is 3.00 bits per heavy atom. The Labute approximate surface area is 62.7 Å². The Morgan fingerprint density at radius 2 is 2.40 bits per heavy atom. The summed E-state index contributed by atoms with van der Waals surface area (Å²) in [5.41, 5.74) is 5.84. The van der Waals surface area contributed by atoms with Crippen LogP contribution < -0.4 is 5.73 Å². The third-order valence-electron chi connectivity index (χ3n) is 2.21. The SMILES string of the molecule is CCCC1CCOCC1N. The first-order valence-electron chi connectivity index (χ1n) is 4.18. The van der Waals surface area contributed by atoms with Crippen LogP contribution in [0, 0.1) is 5.92 Å². The number of rotatable bonds is 2. The summed E-state index contributed by atoms with van der Waals surface area (Å²) in [7, 11) is 0. The predicted molar refractivity (Wildman–Crippen MR) is 41.8 cm³/mol. The Hall–Kier alpha value is -0.0800. The fourth-order valence-corrected chi connectivity index (χ4v) is 1.53. The van der Waals surface area contributed by atoms with Crippen LogP contribution >= 0.6 is 0 Å². The van der Waals surface area contributed by atoms with E-state index in [4.69, 9.17) is 10.5 Å². The van der Waals surface area contributed by atoms with E-state index in [1.54, 1.807) is 0 Å². The molecule has 2 unspecified atom stereocenters. The van der Waals surface area contributed by atoms with Crippen molar-refractivity contribution < 1.29 is 4.74 Å². The van der Waals surface area contributed by atoms with E-state index >= 15 is 0 Å². The molecule has 1 aliphatic rings. The molecule has 0 aromatic heterocycles. The molecule has 0 bridgehead atoms. The van der Waals surface area contributed by atoms with Gasteiger partial charge in [-0.25, -0.2) is 0 Å². The van der Waals surface area contributed by atoms with Crippen molar-refractivity contribution in [2.75, 3.05) is 13.2 Å². The van der Waals surface area contributed by atoms with Gasteiger partial charge in [-0.3, -0.25) is 0 Å². The molecule has 2 N–H and O–H groups in total. The van der Waals surface area contributed by atoms with Crippen LogP contribution in [0.2, 0.25) is 0 Å². The van der Waals surface area contributed by atoms with Gasteiger partial charge < -0.3 is 10.5 Å². The van der Waals surface area contributed by atoms with Crippen LogP contribution in [0.15, 0.2) is 0 Å². The van der Waals surface area contributed by atoms with Crippen molar-refractivity contribution in [1.82, 2.24) is 0 Å². The highest BCUT2D eigenvalue weighted by Crippen LogP contribution is 2.18. The van der Waals surface area contributed by atoms with Crippen LogP contribution in [-0.4, -0.2) is 19.3 Å². The van der Waals surface area contributed by atoms with Gasteiger partial charge in [-0.1, -0.05) is 13.3 Å². The van der Waals surface area contributed by atoms with Crippen molar-refractivity contribution in [2.24, 2.45) is 11.7 Å². The fraction of sp³-hybridized carbons (Fsp3) is 1.00. The first-order valence-corrected chi connectivity index (χ1v) is 4.18. The third-order valence-corrected chi connectivity index (χ3v) is 2.21. The number of hydrogen-bond donors (Lipinski definition) is 1. The van der Waals surface area contributed by atoms with Crippen LogP contribution in [0.4, 0.5) is 0 Å². The molecule has 1 saturated heterocycles. The molecule has 2 atom stereocenters. The third kappa shape index (κ3) is 1.96. The van der Waals surface area contributed by atoms with Gasteiger partial charge >= 0.3 is 0 Å². The van der Waals surface area contributed by atoms with Gasteiger partial charge in [0.05, 0.1) is 6.61 Å². The first kappa shape index (κ1) is 8.02. The zero-order chi connectivity index (χ0) is 7.40. The molecule has 1 aliphatic heterocycles. The van der Waals surface area contributed by atoms with Crippen LogP contribution in [-0.2, 0) is 4.74 Å². The normalized spacial score (nSPS) is 34.2. The van der Waals surface area contributed by atoms with Gasteiger partial charge in [0.15, 0.2) is 0 Å². The molecule has 0 amide bonds. The lowest BCUT2D eigenvalue weighted by Crippen LogP contribution is -2.39. The molecular weight excluding hydrogens is 126 g/mol. The topological polar surface area (TPSA) is 35.2 Å². The zero-order valence-electron chi connectivity index (χ0n) is 6.68. The van der Waals surface area contributed by atoms with E-state index in [0.717, 1.165) is 25.6 Å². The smallest absolute Gasteiger partial charge is 0.0620 e. The minimum Gasteiger partial charge on any atom is -0.380 e. The second-order valence-corrected chi connectivity index (χ2v) is 3.08. The summed E-state index contributed by atoms with van der Waals surface area (Å²) in [5.74, 6) is 0.721. The molecule has 1 rings (SSSR count). The van der Waals surface area contributed by atoms with E-state index in [1.165, 1.54) is 12.8 Å². The molecule has 0 spiro atoms. The standard InChI is InChI=1S/C8H17NO/c1-2-3-7-4-5-10-6-8(7)9/h7-8H,2-6,9H2,1H3. The highest BCUT2D eigenvalue weighted by molar-refractivity contribution is 4.75. The molecule has 60 valence electrons. The Kier molecular flexibility index (Phi) is 3.16. The molecule has 1 heterocycles. The van der Waals surface area contributed by atoms with Gasteiger partial charge in [0, 0.05) is 12.6 Å². The molecule has 2 heteroatoms. The van der Waals surface area contributed by atoms with E-state index in [2.05, 4.69) is 6.92 Å². The molecule has 0 radical (unpaired) electrons. The van der Waals surface area contributed by atoms with E-state index in [0.29, 0.717) is 6.04 Å². The average molecular weight is 143 g/mol. The minimum absolute atomic E-state index is 0.300. The highest BCUT2D eigenvalue weighted by atomic mass is 16.5. The number of nitrogens with two attached hydrogens (primary N) is 1. The van der Waals surface area contributed by atoms with Gasteiger partial charge in [-0.2, -0.15) is 0 Å². The summed E-state index contributed by atoms with van der Waals surface area (Å²) in [6, 6.07) is 0.300. The lowest BCUT2D eigenvalue weighted by Gasteiger charge is -2.28. The van der Waals surface area contributed by atoms with Crippen molar-refractivity contribution in [3.63, 3.8) is 0 Å². The molecule has 0 aliphatic carbocycles. The maximum Gasteiger partial charge on any atom is 0.0620 e. The van der Waals surface area contributed by atoms with Gasteiger partial charge in [0.1, 0.15) is 0 Å². The largest absolute Gasteiger partial charge is 0.380 e. The molecule has 10 heavy (non-hydrogen) atoms. The minimum atomic E-state index is 0.300. The second kappa shape index (κ2) is 3.94. The van der Waals surface area contributed by atoms with Crippen LogP contribution in [0.25, 0.3) is 0 Å². The van der Waals surface area contributed by atoms with Crippen LogP contribution in [0.5, 0.6) is 0 Å². The number of hydrogen-bond acceptors (Lipinski definition) is 2. The summed E-state index contributed by atoms with van der Waals surface area (Å²) in [6.45, 7) is 3.89. The quantitative estimate of drug-likeness (QED) is 0.629. The molecule has 0 aromatic rings. The first-order chi connectivity index (χ1) is 4.84. The summed E-state index contributed by atoms with van der Waals surface area (Å²) in [6.07, 6.45) is 3.68. The Morgan fingerprint density at radius 1 is 1.60 bits per heavy atom. The number of ether oxygens (including phenoxy) is 1. The van der Waals surface area contributed by atoms with Crippen LogP contribution in [0.3, 0.4) is 0 Å². The summed E-state index contributed by atoms with van der Waals surface area (Å²) in [5, 5.41) is 0. The van der Waals surface area contributed by atoms with Crippen molar-refractivity contribution in [3.05, 3.63) is 0 Å². The van der Waals surface area contributed by atoms with E-state index < -0.39 is 0 Å². The van der Waals surface area contributed by atoms with Gasteiger partial charge in [0.2, 0.25) is 0 Å². The predicted octanol–water partition coefficient (Wildman–Crippen LogP) is 1.15. The average Bonchev–Trinajstić information content (AvgIpc) is 1.94. The lowest BCUT2D eigenvalue weighted by atomic mass is 9.91. The summed E-state index contributed by atoms with van der Waals surface area (Å²) in [4.78, 5) is 0. The fourth-order valence-electron chi connectivity index (χ4n) is 1.53. The maximum absolute atomic E-state index is 5.84. The van der Waals surface area contributed by atoms with Crippen molar-refractivity contribution in [1.29, 1.82) is 0 Å². The molecular formula is C8H17NO. The molecule has 0 aromatic carbocycles. The van der Waals surface area contributed by atoms with Crippen molar-refractivity contribution >= 4 is 0 Å². The Bertz CT molecular complexity index is 93.3. The summed E-state index contributed by atoms with van der Waals surface area (Å²) >= 11 is 0. The van der Waals surface area contributed by atoms with Gasteiger partial charge in [0.25, 0.3) is 0 Å². The lowest BCUT2D eigenvalue weighted by molar-refractivity contribution is 0.0463. The van der Waals surface area contributed by atoms with Crippen molar-refractivity contribution in [3.8, 4) is 0 Å². The second-order valence-electron chi connectivity index (χ2n) is 3.08. The Balaban J connectivity index is 2.25. The van der Waals surface area contributed by atoms with Crippen LogP contribution in [0.1, 0.15) is 26.2 Å². The molecule has 2 nitrogen and oxygen atoms in total. The van der Waals surface area contributed by atoms with Gasteiger partial charge in [-0.15, -0.1) is 0 Å². The van der Waals surface area contributed by atoms with E-state index in [1.807, 2.05) is 0 Å². The van der Waals surface area contributed by atoms with Gasteiger partial charge in [-0.05, 0) is 18.8 Å². The monoisotopic (exact) mass is 143 g/mol. The molecule has 1 fully saturated rings. The highest BCUT2D eigenvalue weighted by Gasteiger charge is 2.20. The summed E-state index contributed by atoms with van der Waals surface area (Å²) < 4.78 is 5.23. The molecule has 0 saturated carbocycles. The van der Waals surface area contributed by atoms with E-state index in [-0.39, 0.29) is 0 Å². The zero-order valence-corrected chi connectivity index (χ0v) is 6.68.